The number of ether oxygens (including phenoxy) is 1. The molecule has 0 atom stereocenters. The maximum absolute atomic E-state index is 11.1. The fraction of sp³-hybridized carbons (Fsp3) is 0.727. The van der Waals surface area contributed by atoms with Crippen LogP contribution in [0.25, 0.3) is 0 Å². The summed E-state index contributed by atoms with van der Waals surface area (Å²) in [5.74, 6) is 0.259. The highest BCUT2D eigenvalue weighted by Crippen LogP contribution is 2.23. The lowest BCUT2D eigenvalue weighted by Crippen LogP contribution is -2.16. The first-order valence-electron chi connectivity index (χ1n) is 5.29. The van der Waals surface area contributed by atoms with Gasteiger partial charge in [-0.1, -0.05) is 19.3 Å². The molecule has 2 N–H and O–H groups in total. The van der Waals surface area contributed by atoms with Gasteiger partial charge in [0.1, 0.15) is 0 Å². The molecule has 0 heterocycles. The molecule has 1 saturated carbocycles. The van der Waals surface area contributed by atoms with E-state index >= 15 is 0 Å². The van der Waals surface area contributed by atoms with Gasteiger partial charge in [-0.15, -0.1) is 0 Å². The molecule has 0 radical (unpaired) electrons. The molecule has 0 aromatic heterocycles. The fourth-order valence-corrected chi connectivity index (χ4v) is 1.78. The standard InChI is InChI=1S/C11H19NO2/c1-9(12)7-11(13)14-8-10-5-3-2-4-6-10/h7,10H,2-6,8,12H2,1H3/b9-7-. The first kappa shape index (κ1) is 11.1. The van der Waals surface area contributed by atoms with Crippen molar-refractivity contribution < 1.29 is 9.53 Å². The van der Waals surface area contributed by atoms with Gasteiger partial charge in [0.05, 0.1) is 6.61 Å². The van der Waals surface area contributed by atoms with Crippen molar-refractivity contribution in [2.75, 3.05) is 6.61 Å². The summed E-state index contributed by atoms with van der Waals surface area (Å²) in [5.41, 5.74) is 5.86. The van der Waals surface area contributed by atoms with E-state index in [9.17, 15) is 4.79 Å². The molecule has 0 unspecified atom stereocenters. The predicted molar refractivity (Wildman–Crippen MR) is 55.5 cm³/mol. The normalized spacial score (nSPS) is 19.4. The Kier molecular flexibility index (Phi) is 4.50. The molecule has 3 heteroatoms. The molecule has 0 spiro atoms. The van der Waals surface area contributed by atoms with Gasteiger partial charge in [0.2, 0.25) is 0 Å². The number of allylic oxidation sites excluding steroid dienone is 1. The highest BCUT2D eigenvalue weighted by atomic mass is 16.5. The van der Waals surface area contributed by atoms with Crippen LogP contribution in [-0.4, -0.2) is 12.6 Å². The van der Waals surface area contributed by atoms with E-state index in [2.05, 4.69) is 0 Å². The van der Waals surface area contributed by atoms with Crippen LogP contribution < -0.4 is 5.73 Å². The smallest absolute Gasteiger partial charge is 0.332 e. The lowest BCUT2D eigenvalue weighted by Gasteiger charge is -2.20. The quantitative estimate of drug-likeness (QED) is 0.556. The Bertz CT molecular complexity index is 213. The van der Waals surface area contributed by atoms with Gasteiger partial charge < -0.3 is 10.5 Å². The van der Waals surface area contributed by atoms with E-state index in [1.165, 1.54) is 38.2 Å². The highest BCUT2D eigenvalue weighted by Gasteiger charge is 2.14. The van der Waals surface area contributed by atoms with Crippen molar-refractivity contribution in [1.82, 2.24) is 0 Å². The summed E-state index contributed by atoms with van der Waals surface area (Å²) < 4.78 is 5.10. The van der Waals surface area contributed by atoms with E-state index in [4.69, 9.17) is 10.5 Å². The molecule has 0 aromatic rings. The van der Waals surface area contributed by atoms with Gasteiger partial charge in [-0.2, -0.15) is 0 Å². The Balaban J connectivity index is 2.19. The number of esters is 1. The van der Waals surface area contributed by atoms with Crippen LogP contribution in [0.1, 0.15) is 39.0 Å². The van der Waals surface area contributed by atoms with Gasteiger partial charge in [-0.3, -0.25) is 0 Å². The van der Waals surface area contributed by atoms with Crippen molar-refractivity contribution in [2.45, 2.75) is 39.0 Å². The molecule has 80 valence electrons. The van der Waals surface area contributed by atoms with Gasteiger partial charge in [0.15, 0.2) is 0 Å². The van der Waals surface area contributed by atoms with Crippen LogP contribution in [0.15, 0.2) is 11.8 Å². The molecule has 1 rings (SSSR count). The molecule has 1 aliphatic rings. The van der Waals surface area contributed by atoms with Crippen LogP contribution >= 0.6 is 0 Å². The van der Waals surface area contributed by atoms with Crippen molar-refractivity contribution in [2.24, 2.45) is 11.7 Å². The van der Waals surface area contributed by atoms with Crippen molar-refractivity contribution in [3.63, 3.8) is 0 Å². The second-order valence-corrected chi connectivity index (χ2v) is 4.02. The minimum absolute atomic E-state index is 0.310. The van der Waals surface area contributed by atoms with Crippen molar-refractivity contribution in [3.8, 4) is 0 Å². The molecule has 0 saturated heterocycles. The molecule has 0 aliphatic heterocycles. The zero-order valence-corrected chi connectivity index (χ0v) is 8.79. The third-order valence-corrected chi connectivity index (χ3v) is 2.53. The summed E-state index contributed by atoms with van der Waals surface area (Å²) in [6, 6.07) is 0. The summed E-state index contributed by atoms with van der Waals surface area (Å²) in [6.07, 6.45) is 7.59. The van der Waals surface area contributed by atoms with E-state index in [0.717, 1.165) is 0 Å². The van der Waals surface area contributed by atoms with Crippen molar-refractivity contribution in [3.05, 3.63) is 11.8 Å². The van der Waals surface area contributed by atoms with Crippen LogP contribution in [0, 0.1) is 5.92 Å². The second kappa shape index (κ2) is 5.68. The number of hydrogen-bond acceptors (Lipinski definition) is 3. The molecule has 0 bridgehead atoms. The topological polar surface area (TPSA) is 52.3 Å². The minimum atomic E-state index is -0.310. The van der Waals surface area contributed by atoms with Crippen LogP contribution in [0.5, 0.6) is 0 Å². The first-order chi connectivity index (χ1) is 6.68. The Hall–Kier alpha value is -0.990. The second-order valence-electron chi connectivity index (χ2n) is 4.02. The molecule has 0 aromatic carbocycles. The summed E-state index contributed by atoms with van der Waals surface area (Å²) in [6.45, 7) is 2.24. The lowest BCUT2D eigenvalue weighted by atomic mass is 9.90. The highest BCUT2D eigenvalue weighted by molar-refractivity contribution is 5.82. The molecule has 1 aliphatic carbocycles. The van der Waals surface area contributed by atoms with E-state index in [1.807, 2.05) is 0 Å². The number of hydrogen-bond donors (Lipinski definition) is 1. The maximum atomic E-state index is 11.1. The van der Waals surface area contributed by atoms with Gasteiger partial charge in [-0.25, -0.2) is 4.79 Å². The molecule has 0 amide bonds. The Morgan fingerprint density at radius 3 is 2.64 bits per heavy atom. The monoisotopic (exact) mass is 197 g/mol. The lowest BCUT2D eigenvalue weighted by molar-refractivity contribution is -0.139. The van der Waals surface area contributed by atoms with Crippen LogP contribution in [0.2, 0.25) is 0 Å². The predicted octanol–water partition coefficient (Wildman–Crippen LogP) is 1.97. The molecular formula is C11H19NO2. The van der Waals surface area contributed by atoms with Crippen LogP contribution in [0.4, 0.5) is 0 Å². The van der Waals surface area contributed by atoms with Crippen molar-refractivity contribution in [1.29, 1.82) is 0 Å². The van der Waals surface area contributed by atoms with E-state index < -0.39 is 0 Å². The summed E-state index contributed by atoms with van der Waals surface area (Å²) in [7, 11) is 0. The minimum Gasteiger partial charge on any atom is -0.462 e. The third-order valence-electron chi connectivity index (χ3n) is 2.53. The first-order valence-corrected chi connectivity index (χ1v) is 5.29. The summed E-state index contributed by atoms with van der Waals surface area (Å²) in [4.78, 5) is 11.1. The average Bonchev–Trinajstić information content (AvgIpc) is 2.15. The number of carbonyl (C=O) groups is 1. The number of nitrogens with two attached hydrogens (primary N) is 1. The van der Waals surface area contributed by atoms with Crippen molar-refractivity contribution >= 4 is 5.97 Å². The number of carbonyl (C=O) groups excluding carboxylic acids is 1. The third kappa shape index (κ3) is 4.30. The summed E-state index contributed by atoms with van der Waals surface area (Å²) >= 11 is 0. The van der Waals surface area contributed by atoms with Gasteiger partial charge >= 0.3 is 5.97 Å². The van der Waals surface area contributed by atoms with Crippen LogP contribution in [0.3, 0.4) is 0 Å². The Morgan fingerprint density at radius 1 is 1.43 bits per heavy atom. The van der Waals surface area contributed by atoms with Gasteiger partial charge in [-0.05, 0) is 25.7 Å². The SMILES string of the molecule is C/C(N)=C/C(=O)OCC1CCCCC1. The van der Waals surface area contributed by atoms with E-state index in [0.29, 0.717) is 18.2 Å². The van der Waals surface area contributed by atoms with E-state index in [-0.39, 0.29) is 5.97 Å². The van der Waals surface area contributed by atoms with E-state index in [1.54, 1.807) is 6.92 Å². The van der Waals surface area contributed by atoms with Gasteiger partial charge in [0, 0.05) is 11.8 Å². The maximum Gasteiger partial charge on any atom is 0.332 e. The molecule has 14 heavy (non-hydrogen) atoms. The average molecular weight is 197 g/mol. The largest absolute Gasteiger partial charge is 0.462 e. The van der Waals surface area contributed by atoms with Crippen LogP contribution in [-0.2, 0) is 9.53 Å². The molecule has 1 fully saturated rings. The Labute approximate surface area is 85.3 Å². The van der Waals surface area contributed by atoms with Gasteiger partial charge in [0.25, 0.3) is 0 Å². The zero-order valence-electron chi connectivity index (χ0n) is 8.79. The Morgan fingerprint density at radius 2 is 2.07 bits per heavy atom. The molecule has 3 nitrogen and oxygen atoms in total. The molecular weight excluding hydrogens is 178 g/mol. The summed E-state index contributed by atoms with van der Waals surface area (Å²) in [5, 5.41) is 0. The zero-order chi connectivity index (χ0) is 10.4. The number of rotatable bonds is 3. The fourth-order valence-electron chi connectivity index (χ4n) is 1.78.